The van der Waals surface area contributed by atoms with Crippen LogP contribution in [0.5, 0.6) is 0 Å². The third kappa shape index (κ3) is 5.92. The Bertz CT molecular complexity index is 1140. The standard InChI is InChI=1S/C28H37N5O2/c1-20-11-9-10-14-24(20)33-26(17-25(31-33)28(2,3)4)30-27(34)29-23-19-32(15-16-35-5)18-22(23)21-12-7-6-8-13-21/h6-14,17,22-23H,15-16,18-19H2,1-5H3,(H2,29,30,34)/t22-,23+/m0/s1. The number of nitrogens with one attached hydrogen (secondary N) is 2. The summed E-state index contributed by atoms with van der Waals surface area (Å²) in [4.78, 5) is 15.6. The average molecular weight is 476 g/mol. The summed E-state index contributed by atoms with van der Waals surface area (Å²) in [5, 5.41) is 11.2. The number of likely N-dealkylation sites (tertiary alicyclic amines) is 1. The Morgan fingerprint density at radius 1 is 1.09 bits per heavy atom. The molecule has 2 amide bonds. The molecular formula is C28H37N5O2. The van der Waals surface area contributed by atoms with E-state index in [4.69, 9.17) is 9.84 Å². The van der Waals surface area contributed by atoms with Crippen molar-refractivity contribution in [1.29, 1.82) is 0 Å². The largest absolute Gasteiger partial charge is 0.383 e. The topological polar surface area (TPSA) is 71.4 Å². The van der Waals surface area contributed by atoms with Gasteiger partial charge in [-0.1, -0.05) is 69.3 Å². The molecule has 186 valence electrons. The number of methoxy groups -OCH3 is 1. The minimum atomic E-state index is -0.222. The minimum Gasteiger partial charge on any atom is -0.383 e. The van der Waals surface area contributed by atoms with Gasteiger partial charge in [-0.15, -0.1) is 0 Å². The number of nitrogens with zero attached hydrogens (tertiary/aromatic N) is 3. The van der Waals surface area contributed by atoms with Gasteiger partial charge in [0.1, 0.15) is 5.82 Å². The zero-order valence-electron chi connectivity index (χ0n) is 21.4. The van der Waals surface area contributed by atoms with Gasteiger partial charge in [0.2, 0.25) is 0 Å². The van der Waals surface area contributed by atoms with Crippen molar-refractivity contribution in [2.75, 3.05) is 38.7 Å². The van der Waals surface area contributed by atoms with Crippen LogP contribution in [-0.2, 0) is 10.2 Å². The summed E-state index contributed by atoms with van der Waals surface area (Å²) < 4.78 is 7.12. The van der Waals surface area contributed by atoms with Gasteiger partial charge in [0.25, 0.3) is 0 Å². The molecule has 0 aliphatic carbocycles. The number of aryl methyl sites for hydroxylation is 1. The van der Waals surface area contributed by atoms with E-state index in [2.05, 4.69) is 73.6 Å². The zero-order valence-corrected chi connectivity index (χ0v) is 21.4. The molecule has 0 spiro atoms. The van der Waals surface area contributed by atoms with Crippen LogP contribution in [0.3, 0.4) is 0 Å². The number of carbonyl (C=O) groups excluding carboxylic acids is 1. The van der Waals surface area contributed by atoms with Crippen LogP contribution in [0.1, 0.15) is 43.5 Å². The molecule has 7 heteroatoms. The molecule has 2 N–H and O–H groups in total. The van der Waals surface area contributed by atoms with Crippen LogP contribution in [0, 0.1) is 6.92 Å². The molecule has 4 rings (SSSR count). The van der Waals surface area contributed by atoms with Gasteiger partial charge in [-0.25, -0.2) is 9.48 Å². The van der Waals surface area contributed by atoms with Crippen LogP contribution in [0.15, 0.2) is 60.7 Å². The number of rotatable bonds is 7. The van der Waals surface area contributed by atoms with Crippen LogP contribution in [0.4, 0.5) is 10.6 Å². The molecule has 35 heavy (non-hydrogen) atoms. The summed E-state index contributed by atoms with van der Waals surface area (Å²) in [5.41, 5.74) is 4.05. The first kappa shape index (κ1) is 24.9. The number of ether oxygens (including phenoxy) is 1. The Hall–Kier alpha value is -3.16. The third-order valence-electron chi connectivity index (χ3n) is 6.61. The van der Waals surface area contributed by atoms with Crippen molar-refractivity contribution in [3.63, 3.8) is 0 Å². The summed E-state index contributed by atoms with van der Waals surface area (Å²) in [6, 6.07) is 20.2. The highest BCUT2D eigenvalue weighted by Crippen LogP contribution is 2.29. The van der Waals surface area contributed by atoms with E-state index >= 15 is 0 Å². The average Bonchev–Trinajstić information content (AvgIpc) is 3.43. The lowest BCUT2D eigenvalue weighted by Gasteiger charge is -2.21. The fourth-order valence-corrected chi connectivity index (χ4v) is 4.61. The molecule has 3 aromatic rings. The van der Waals surface area contributed by atoms with Crippen molar-refractivity contribution < 1.29 is 9.53 Å². The van der Waals surface area contributed by atoms with Gasteiger partial charge < -0.3 is 10.1 Å². The first-order chi connectivity index (χ1) is 16.8. The number of benzene rings is 2. The fourth-order valence-electron chi connectivity index (χ4n) is 4.61. The van der Waals surface area contributed by atoms with E-state index < -0.39 is 0 Å². The predicted octanol–water partition coefficient (Wildman–Crippen LogP) is 4.71. The first-order valence-corrected chi connectivity index (χ1v) is 12.3. The van der Waals surface area contributed by atoms with Crippen molar-refractivity contribution in [1.82, 2.24) is 20.0 Å². The number of hydrogen-bond acceptors (Lipinski definition) is 4. The van der Waals surface area contributed by atoms with Gasteiger partial charge in [-0.3, -0.25) is 10.2 Å². The summed E-state index contributed by atoms with van der Waals surface area (Å²) in [5.74, 6) is 0.873. The number of para-hydroxylation sites is 1. The summed E-state index contributed by atoms with van der Waals surface area (Å²) in [6.45, 7) is 11.6. The highest BCUT2D eigenvalue weighted by atomic mass is 16.5. The van der Waals surface area contributed by atoms with Crippen molar-refractivity contribution in [2.24, 2.45) is 0 Å². The van der Waals surface area contributed by atoms with E-state index in [0.717, 1.165) is 36.6 Å². The lowest BCUT2D eigenvalue weighted by molar-refractivity contribution is 0.159. The third-order valence-corrected chi connectivity index (χ3v) is 6.61. The molecule has 1 fully saturated rings. The van der Waals surface area contributed by atoms with Crippen molar-refractivity contribution in [3.05, 3.63) is 77.5 Å². The molecule has 0 unspecified atom stereocenters. The molecule has 7 nitrogen and oxygen atoms in total. The number of aromatic nitrogens is 2. The molecule has 1 saturated heterocycles. The monoisotopic (exact) mass is 475 g/mol. The van der Waals surface area contributed by atoms with E-state index in [1.54, 1.807) is 7.11 Å². The van der Waals surface area contributed by atoms with Gasteiger partial charge in [0.05, 0.1) is 24.0 Å². The molecule has 1 aliphatic heterocycles. The quantitative estimate of drug-likeness (QED) is 0.519. The van der Waals surface area contributed by atoms with Crippen LogP contribution >= 0.6 is 0 Å². The molecule has 2 aromatic carbocycles. The highest BCUT2D eigenvalue weighted by Gasteiger charge is 2.35. The molecule has 0 saturated carbocycles. The second kappa shape index (κ2) is 10.6. The van der Waals surface area contributed by atoms with E-state index in [1.165, 1.54) is 5.56 Å². The first-order valence-electron chi connectivity index (χ1n) is 12.3. The molecule has 2 heterocycles. The summed E-state index contributed by atoms with van der Waals surface area (Å²) in [7, 11) is 1.72. The maximum absolute atomic E-state index is 13.3. The lowest BCUT2D eigenvalue weighted by Crippen LogP contribution is -2.42. The van der Waals surface area contributed by atoms with Gasteiger partial charge in [-0.05, 0) is 24.1 Å². The molecule has 0 bridgehead atoms. The van der Waals surface area contributed by atoms with Crippen LogP contribution in [-0.4, -0.2) is 60.1 Å². The van der Waals surface area contributed by atoms with Crippen LogP contribution in [0.2, 0.25) is 0 Å². The van der Waals surface area contributed by atoms with E-state index in [-0.39, 0.29) is 23.4 Å². The maximum atomic E-state index is 13.3. The Kier molecular flexibility index (Phi) is 7.57. The van der Waals surface area contributed by atoms with E-state index in [1.807, 2.05) is 35.0 Å². The normalized spacial score (nSPS) is 18.5. The minimum absolute atomic E-state index is 0.00817. The Morgan fingerprint density at radius 3 is 2.49 bits per heavy atom. The molecule has 2 atom stereocenters. The van der Waals surface area contributed by atoms with Gasteiger partial charge >= 0.3 is 6.03 Å². The number of amides is 2. The van der Waals surface area contributed by atoms with Gasteiger partial charge in [-0.2, -0.15) is 5.10 Å². The van der Waals surface area contributed by atoms with Crippen molar-refractivity contribution in [2.45, 2.75) is 45.1 Å². The van der Waals surface area contributed by atoms with Crippen molar-refractivity contribution in [3.8, 4) is 5.69 Å². The molecule has 1 aliphatic rings. The van der Waals surface area contributed by atoms with E-state index in [9.17, 15) is 4.79 Å². The van der Waals surface area contributed by atoms with Crippen LogP contribution in [0.25, 0.3) is 5.69 Å². The predicted molar refractivity (Wildman–Crippen MR) is 140 cm³/mol. The summed E-state index contributed by atoms with van der Waals surface area (Å²) >= 11 is 0. The Morgan fingerprint density at radius 2 is 1.80 bits per heavy atom. The number of hydrogen-bond donors (Lipinski definition) is 2. The molecular weight excluding hydrogens is 438 g/mol. The Labute approximate surface area is 208 Å². The smallest absolute Gasteiger partial charge is 0.320 e. The fraction of sp³-hybridized carbons (Fsp3) is 0.429. The van der Waals surface area contributed by atoms with Crippen molar-refractivity contribution >= 4 is 11.8 Å². The SMILES string of the molecule is COCCN1C[C@@H](NC(=O)Nc2cc(C(C)(C)C)nn2-c2ccccc2C)[C@H](c2ccccc2)C1. The zero-order chi connectivity index (χ0) is 25.0. The second-order valence-corrected chi connectivity index (χ2v) is 10.3. The molecule has 0 radical (unpaired) electrons. The van der Waals surface area contributed by atoms with Crippen LogP contribution < -0.4 is 10.6 Å². The number of carbonyl (C=O) groups is 1. The maximum Gasteiger partial charge on any atom is 0.320 e. The lowest BCUT2D eigenvalue weighted by atomic mass is 9.92. The second-order valence-electron chi connectivity index (χ2n) is 10.3. The van der Waals surface area contributed by atoms with E-state index in [0.29, 0.717) is 12.4 Å². The van der Waals surface area contributed by atoms with Gasteiger partial charge in [0.15, 0.2) is 0 Å². The number of anilines is 1. The number of urea groups is 1. The van der Waals surface area contributed by atoms with Gasteiger partial charge in [0, 0.05) is 44.1 Å². The highest BCUT2D eigenvalue weighted by molar-refractivity contribution is 5.89. The Balaban J connectivity index is 1.56. The molecule has 1 aromatic heterocycles. The summed E-state index contributed by atoms with van der Waals surface area (Å²) in [6.07, 6.45) is 0.